The maximum absolute atomic E-state index is 12.4. The maximum atomic E-state index is 12.4. The van der Waals surface area contributed by atoms with Gasteiger partial charge in [0.1, 0.15) is 11.8 Å². The number of primary amides is 1. The van der Waals surface area contributed by atoms with Crippen molar-refractivity contribution in [3.63, 3.8) is 0 Å². The number of benzene rings is 2. The third-order valence-electron chi connectivity index (χ3n) is 5.20. The van der Waals surface area contributed by atoms with Crippen LogP contribution in [-0.4, -0.2) is 59.9 Å². The molecular weight excluding hydrogens is 430 g/mol. The van der Waals surface area contributed by atoms with Gasteiger partial charge in [0.2, 0.25) is 5.91 Å². The zero-order chi connectivity index (χ0) is 23.7. The molecule has 0 aliphatic carbocycles. The van der Waals surface area contributed by atoms with Crippen molar-refractivity contribution in [1.29, 1.82) is 0 Å². The van der Waals surface area contributed by atoms with Gasteiger partial charge >= 0.3 is 5.97 Å². The Morgan fingerprint density at radius 3 is 2.48 bits per heavy atom. The van der Waals surface area contributed by atoms with Gasteiger partial charge in [-0.05, 0) is 30.3 Å². The summed E-state index contributed by atoms with van der Waals surface area (Å²) in [5.41, 5.74) is 6.68. The van der Waals surface area contributed by atoms with Crippen molar-refractivity contribution in [3.05, 3.63) is 59.7 Å². The van der Waals surface area contributed by atoms with E-state index in [1.807, 2.05) is 0 Å². The predicted octanol–water partition coefficient (Wildman–Crippen LogP) is 0.514. The highest BCUT2D eigenvalue weighted by Gasteiger charge is 2.36. The Morgan fingerprint density at radius 1 is 1.09 bits per heavy atom. The highest BCUT2D eigenvalue weighted by Crippen LogP contribution is 2.26. The molecule has 0 spiro atoms. The fourth-order valence-corrected chi connectivity index (χ4v) is 3.52. The first-order valence-electron chi connectivity index (χ1n) is 9.90. The van der Waals surface area contributed by atoms with Gasteiger partial charge in [-0.1, -0.05) is 18.2 Å². The molecule has 3 N–H and O–H groups in total. The van der Waals surface area contributed by atoms with E-state index >= 15 is 0 Å². The van der Waals surface area contributed by atoms with Gasteiger partial charge < -0.3 is 15.8 Å². The Morgan fingerprint density at radius 2 is 1.79 bits per heavy atom. The van der Waals surface area contributed by atoms with E-state index in [-0.39, 0.29) is 28.9 Å². The average molecular weight is 449 g/mol. The van der Waals surface area contributed by atoms with Crippen molar-refractivity contribution in [2.75, 3.05) is 24.0 Å². The number of hydrazone groups is 1. The number of ether oxygens (including phenoxy) is 1. The number of anilines is 2. The zero-order valence-electron chi connectivity index (χ0n) is 17.5. The second-order valence-corrected chi connectivity index (χ2v) is 7.40. The molecule has 2 aromatic rings. The quantitative estimate of drug-likeness (QED) is 0.482. The molecule has 2 heterocycles. The molecule has 4 amide bonds. The summed E-state index contributed by atoms with van der Waals surface area (Å²) in [5, 5.41) is 8.01. The third kappa shape index (κ3) is 4.15. The smallest absolute Gasteiger partial charge is 0.355 e. The molecule has 11 heteroatoms. The van der Waals surface area contributed by atoms with Crippen molar-refractivity contribution < 1.29 is 28.7 Å². The molecule has 2 aromatic carbocycles. The lowest BCUT2D eigenvalue weighted by molar-refractivity contribution is -0.140. The maximum Gasteiger partial charge on any atom is 0.355 e. The Kier molecular flexibility index (Phi) is 5.61. The molecule has 0 radical (unpaired) electrons. The van der Waals surface area contributed by atoms with Gasteiger partial charge in [0.15, 0.2) is 6.61 Å². The molecule has 0 fully saturated rings. The van der Waals surface area contributed by atoms with Gasteiger partial charge in [-0.3, -0.25) is 29.1 Å². The number of fused-ring (bicyclic) bond motifs is 1. The van der Waals surface area contributed by atoms with Crippen LogP contribution in [0.2, 0.25) is 0 Å². The van der Waals surface area contributed by atoms with Crippen LogP contribution in [0.25, 0.3) is 0 Å². The Balaban J connectivity index is 1.38. The molecule has 1 atom stereocenters. The van der Waals surface area contributed by atoms with Gasteiger partial charge in [-0.2, -0.15) is 5.10 Å². The van der Waals surface area contributed by atoms with Crippen molar-refractivity contribution >= 4 is 46.7 Å². The van der Waals surface area contributed by atoms with Crippen molar-refractivity contribution in [3.8, 4) is 0 Å². The van der Waals surface area contributed by atoms with Gasteiger partial charge in [-0.25, -0.2) is 4.79 Å². The molecule has 168 valence electrons. The first-order valence-corrected chi connectivity index (χ1v) is 9.90. The van der Waals surface area contributed by atoms with Crippen LogP contribution < -0.4 is 16.1 Å². The largest absolute Gasteiger partial charge is 0.451 e. The van der Waals surface area contributed by atoms with Crippen LogP contribution in [0.5, 0.6) is 0 Å². The van der Waals surface area contributed by atoms with E-state index in [4.69, 9.17) is 10.5 Å². The van der Waals surface area contributed by atoms with Crippen molar-refractivity contribution in [2.24, 2.45) is 10.8 Å². The SMILES string of the molecule is CN1C(=O)c2ccc(NC(=O)COC(=O)C3=NN(c4ccccc4)C(C(N)=O)C3)cc2C1=O. The number of hydrogen-bond acceptors (Lipinski definition) is 8. The number of nitrogens with two attached hydrogens (primary N) is 1. The molecule has 1 unspecified atom stereocenters. The van der Waals surface area contributed by atoms with Gasteiger partial charge in [0, 0.05) is 19.2 Å². The minimum absolute atomic E-state index is 0.0415. The van der Waals surface area contributed by atoms with E-state index in [9.17, 15) is 24.0 Å². The monoisotopic (exact) mass is 449 g/mol. The van der Waals surface area contributed by atoms with E-state index in [2.05, 4.69) is 10.4 Å². The molecule has 0 aromatic heterocycles. The standard InChI is InChI=1S/C22H19N5O6/c1-26-20(30)14-8-7-12(9-15(14)21(26)31)24-18(28)11-33-22(32)16-10-17(19(23)29)27(25-16)13-5-3-2-4-6-13/h2-9,17H,10-11H2,1H3,(H2,23,29)(H,24,28). The molecule has 4 rings (SSSR count). The Bertz CT molecular complexity index is 1210. The highest BCUT2D eigenvalue weighted by molar-refractivity contribution is 6.38. The van der Waals surface area contributed by atoms with Crippen LogP contribution in [0.3, 0.4) is 0 Å². The number of amides is 4. The number of hydrogen-bond donors (Lipinski definition) is 2. The lowest BCUT2D eigenvalue weighted by Crippen LogP contribution is -2.39. The predicted molar refractivity (Wildman–Crippen MR) is 116 cm³/mol. The fraction of sp³-hybridized carbons (Fsp3) is 0.182. The minimum atomic E-state index is -0.855. The Labute approximate surface area is 187 Å². The van der Waals surface area contributed by atoms with Gasteiger partial charge in [0.25, 0.3) is 17.7 Å². The molecule has 2 aliphatic rings. The van der Waals surface area contributed by atoms with E-state index in [0.717, 1.165) is 4.90 Å². The van der Waals surface area contributed by atoms with E-state index in [0.29, 0.717) is 5.69 Å². The number of carbonyl (C=O) groups is 5. The van der Waals surface area contributed by atoms with Crippen LogP contribution in [0, 0.1) is 0 Å². The first kappa shape index (κ1) is 21.7. The molecule has 0 bridgehead atoms. The van der Waals surface area contributed by atoms with E-state index < -0.39 is 42.2 Å². The number of esters is 1. The summed E-state index contributed by atoms with van der Waals surface area (Å²) >= 11 is 0. The number of para-hydroxylation sites is 1. The summed E-state index contributed by atoms with van der Waals surface area (Å²) in [4.78, 5) is 61.5. The molecule has 0 saturated carbocycles. The minimum Gasteiger partial charge on any atom is -0.451 e. The lowest BCUT2D eigenvalue weighted by atomic mass is 10.1. The van der Waals surface area contributed by atoms with Gasteiger partial charge in [-0.15, -0.1) is 0 Å². The van der Waals surface area contributed by atoms with E-state index in [1.165, 1.54) is 30.3 Å². The van der Waals surface area contributed by atoms with Crippen LogP contribution in [0.1, 0.15) is 27.1 Å². The summed E-state index contributed by atoms with van der Waals surface area (Å²) in [6.07, 6.45) is -0.0564. The molecular formula is C22H19N5O6. The van der Waals surface area contributed by atoms with Crippen molar-refractivity contribution in [2.45, 2.75) is 12.5 Å². The second kappa shape index (κ2) is 8.54. The summed E-state index contributed by atoms with van der Waals surface area (Å²) < 4.78 is 5.03. The molecule has 33 heavy (non-hydrogen) atoms. The number of rotatable bonds is 6. The summed E-state index contributed by atoms with van der Waals surface area (Å²) in [7, 11) is 1.37. The summed E-state index contributed by atoms with van der Waals surface area (Å²) in [5.74, 6) is -3.05. The number of carbonyl (C=O) groups excluding carboxylic acids is 5. The normalized spacial score (nSPS) is 17.0. The fourth-order valence-electron chi connectivity index (χ4n) is 3.52. The van der Waals surface area contributed by atoms with Crippen LogP contribution in [0.4, 0.5) is 11.4 Å². The van der Waals surface area contributed by atoms with Crippen LogP contribution in [0.15, 0.2) is 53.6 Å². The van der Waals surface area contributed by atoms with Crippen LogP contribution in [-0.2, 0) is 19.1 Å². The Hall–Kier alpha value is -4.54. The van der Waals surface area contributed by atoms with Gasteiger partial charge in [0.05, 0.1) is 16.8 Å². The zero-order valence-corrected chi connectivity index (χ0v) is 17.5. The van der Waals surface area contributed by atoms with E-state index in [1.54, 1.807) is 30.3 Å². The summed E-state index contributed by atoms with van der Waals surface area (Å²) in [6.45, 7) is -0.617. The van der Waals surface area contributed by atoms with Crippen LogP contribution >= 0.6 is 0 Å². The molecule has 11 nitrogen and oxygen atoms in total. The second-order valence-electron chi connectivity index (χ2n) is 7.40. The summed E-state index contributed by atoms with van der Waals surface area (Å²) in [6, 6.07) is 12.2. The lowest BCUT2D eigenvalue weighted by Gasteiger charge is -2.20. The number of imide groups is 1. The topological polar surface area (TPSA) is 151 Å². The molecule has 0 saturated heterocycles. The number of nitrogens with zero attached hydrogens (tertiary/aromatic N) is 3. The third-order valence-corrected chi connectivity index (χ3v) is 5.20. The van der Waals surface area contributed by atoms with Crippen molar-refractivity contribution in [1.82, 2.24) is 4.90 Å². The highest BCUT2D eigenvalue weighted by atomic mass is 16.5. The number of nitrogens with one attached hydrogen (secondary N) is 1. The first-order chi connectivity index (χ1) is 15.8. The average Bonchev–Trinajstić information content (AvgIpc) is 3.35. The molecule has 2 aliphatic heterocycles.